The molecule has 0 spiro atoms. The van der Waals surface area contributed by atoms with E-state index in [-0.39, 0.29) is 5.75 Å². The van der Waals surface area contributed by atoms with Crippen molar-refractivity contribution in [1.82, 2.24) is 10.2 Å². The molecule has 2 aromatic rings. The van der Waals surface area contributed by atoms with E-state index in [0.717, 1.165) is 5.56 Å². The average molecular weight is 329 g/mol. The zero-order chi connectivity index (χ0) is 13.0. The van der Waals surface area contributed by atoms with Crippen LogP contribution >= 0.6 is 15.9 Å². The van der Waals surface area contributed by atoms with Crippen LogP contribution in [-0.2, 0) is 16.3 Å². The number of nitrogens with zero attached hydrogens (tertiary/aromatic N) is 1. The number of H-pyrrole nitrogens is 1. The number of aromatic nitrogens is 2. The number of nitrogens with one attached hydrogen (secondary N) is 1. The summed E-state index contributed by atoms with van der Waals surface area (Å²) in [6, 6.07) is 6.89. The van der Waals surface area contributed by atoms with Crippen LogP contribution in [0.25, 0.3) is 0 Å². The van der Waals surface area contributed by atoms with Gasteiger partial charge in [0.05, 0.1) is 16.8 Å². The summed E-state index contributed by atoms with van der Waals surface area (Å²) in [5.74, 6) is 0.140. The maximum absolute atomic E-state index is 12.1. The fourth-order valence-electron chi connectivity index (χ4n) is 1.69. The van der Waals surface area contributed by atoms with Gasteiger partial charge >= 0.3 is 0 Å². The summed E-state index contributed by atoms with van der Waals surface area (Å²) in [5.41, 5.74) is 1.03. The average Bonchev–Trinajstić information content (AvgIpc) is 2.82. The Kier molecular flexibility index (Phi) is 4.19. The van der Waals surface area contributed by atoms with Crippen LogP contribution in [0, 0.1) is 0 Å². The third-order valence-corrected chi connectivity index (χ3v) is 5.41. The van der Waals surface area contributed by atoms with Gasteiger partial charge < -0.3 is 0 Å². The number of aryl methyl sites for hydroxylation is 1. The number of halogens is 1. The van der Waals surface area contributed by atoms with Crippen molar-refractivity contribution in [2.75, 3.05) is 5.75 Å². The second-order valence-electron chi connectivity index (χ2n) is 3.96. The molecule has 2 rings (SSSR count). The molecule has 1 N–H and O–H groups in total. The molecule has 0 aliphatic rings. The molecule has 4 nitrogen and oxygen atoms in total. The van der Waals surface area contributed by atoms with Crippen LogP contribution in [0.1, 0.15) is 12.0 Å². The highest BCUT2D eigenvalue weighted by molar-refractivity contribution is 9.10. The standard InChI is InChI=1S/C12H13BrN2O2S/c13-11-5-1-2-6-12(11)18(16,17)7-3-4-10-8-14-15-9-10/h1-2,5-6,8-9H,3-4,7H2,(H,14,15). The summed E-state index contributed by atoms with van der Waals surface area (Å²) >= 11 is 3.27. The normalized spacial score (nSPS) is 11.6. The second-order valence-corrected chi connectivity index (χ2v) is 6.89. The Bertz CT molecular complexity index is 609. The lowest BCUT2D eigenvalue weighted by molar-refractivity contribution is 0.593. The first-order valence-corrected chi connectivity index (χ1v) is 7.99. The van der Waals surface area contributed by atoms with Gasteiger partial charge in [-0.1, -0.05) is 12.1 Å². The van der Waals surface area contributed by atoms with Gasteiger partial charge in [0.15, 0.2) is 9.84 Å². The molecule has 0 unspecified atom stereocenters. The fraction of sp³-hybridized carbons (Fsp3) is 0.250. The molecular formula is C12H13BrN2O2S. The maximum Gasteiger partial charge on any atom is 0.179 e. The molecule has 1 aromatic carbocycles. The summed E-state index contributed by atoms with van der Waals surface area (Å²) in [4.78, 5) is 0.359. The minimum absolute atomic E-state index is 0.140. The Morgan fingerprint density at radius 1 is 1.28 bits per heavy atom. The van der Waals surface area contributed by atoms with Crippen molar-refractivity contribution in [2.45, 2.75) is 17.7 Å². The molecule has 0 saturated carbocycles. The Morgan fingerprint density at radius 3 is 2.72 bits per heavy atom. The maximum atomic E-state index is 12.1. The summed E-state index contributed by atoms with van der Waals surface area (Å²) < 4.78 is 24.9. The van der Waals surface area contributed by atoms with E-state index in [1.807, 2.05) is 0 Å². The van der Waals surface area contributed by atoms with E-state index in [1.54, 1.807) is 36.7 Å². The second kappa shape index (κ2) is 5.67. The molecule has 96 valence electrons. The van der Waals surface area contributed by atoms with Gasteiger partial charge in [-0.3, -0.25) is 5.10 Å². The van der Waals surface area contributed by atoms with Gasteiger partial charge in [0.1, 0.15) is 0 Å². The molecule has 0 fully saturated rings. The predicted molar refractivity (Wildman–Crippen MR) is 73.1 cm³/mol. The summed E-state index contributed by atoms with van der Waals surface area (Å²) in [6.07, 6.45) is 4.79. The largest absolute Gasteiger partial charge is 0.285 e. The van der Waals surface area contributed by atoms with E-state index in [2.05, 4.69) is 26.1 Å². The molecule has 0 aliphatic heterocycles. The van der Waals surface area contributed by atoms with Crippen molar-refractivity contribution in [3.05, 3.63) is 46.7 Å². The van der Waals surface area contributed by atoms with E-state index in [4.69, 9.17) is 0 Å². The SMILES string of the molecule is O=S(=O)(CCCc1cn[nH]c1)c1ccccc1Br. The van der Waals surface area contributed by atoms with Gasteiger partial charge in [-0.05, 0) is 46.5 Å². The molecule has 1 heterocycles. The third kappa shape index (κ3) is 3.20. The topological polar surface area (TPSA) is 62.8 Å². The molecule has 1 aromatic heterocycles. The molecule has 6 heteroatoms. The highest BCUT2D eigenvalue weighted by Gasteiger charge is 2.16. The van der Waals surface area contributed by atoms with E-state index >= 15 is 0 Å². The Labute approximate surface area is 114 Å². The van der Waals surface area contributed by atoms with Gasteiger partial charge in [-0.15, -0.1) is 0 Å². The van der Waals surface area contributed by atoms with Crippen molar-refractivity contribution >= 4 is 25.8 Å². The molecule has 0 saturated heterocycles. The molecule has 0 aliphatic carbocycles. The smallest absolute Gasteiger partial charge is 0.179 e. The van der Waals surface area contributed by atoms with E-state index in [0.29, 0.717) is 22.2 Å². The Balaban J connectivity index is 2.02. The van der Waals surface area contributed by atoms with E-state index < -0.39 is 9.84 Å². The van der Waals surface area contributed by atoms with Gasteiger partial charge in [0.2, 0.25) is 0 Å². The van der Waals surface area contributed by atoms with Crippen LogP contribution in [0.5, 0.6) is 0 Å². The molecular weight excluding hydrogens is 316 g/mol. The van der Waals surface area contributed by atoms with Crippen molar-refractivity contribution in [1.29, 1.82) is 0 Å². The van der Waals surface area contributed by atoms with E-state index in [1.165, 1.54) is 0 Å². The lowest BCUT2D eigenvalue weighted by atomic mass is 10.2. The molecule has 0 amide bonds. The summed E-state index contributed by atoms with van der Waals surface area (Å²) in [7, 11) is -3.22. The van der Waals surface area contributed by atoms with Crippen molar-refractivity contribution in [3.63, 3.8) is 0 Å². The van der Waals surface area contributed by atoms with Gasteiger partial charge in [-0.25, -0.2) is 8.42 Å². The first-order chi connectivity index (χ1) is 8.59. The van der Waals surface area contributed by atoms with Gasteiger partial charge in [-0.2, -0.15) is 5.10 Å². The zero-order valence-electron chi connectivity index (χ0n) is 9.64. The lowest BCUT2D eigenvalue weighted by Crippen LogP contribution is -2.08. The van der Waals surface area contributed by atoms with Crippen LogP contribution in [0.3, 0.4) is 0 Å². The van der Waals surface area contributed by atoms with Gasteiger partial charge in [0, 0.05) is 10.7 Å². The molecule has 0 atom stereocenters. The van der Waals surface area contributed by atoms with Crippen molar-refractivity contribution in [2.24, 2.45) is 0 Å². The minimum atomic E-state index is -3.22. The predicted octanol–water partition coefficient (Wildman–Crippen LogP) is 2.58. The summed E-state index contributed by atoms with van der Waals surface area (Å²) in [5, 5.41) is 6.54. The number of sulfone groups is 1. The highest BCUT2D eigenvalue weighted by Crippen LogP contribution is 2.23. The Morgan fingerprint density at radius 2 is 2.06 bits per heavy atom. The van der Waals surface area contributed by atoms with E-state index in [9.17, 15) is 8.42 Å². The molecule has 0 radical (unpaired) electrons. The first-order valence-electron chi connectivity index (χ1n) is 5.54. The quantitative estimate of drug-likeness (QED) is 0.917. The van der Waals surface area contributed by atoms with Crippen molar-refractivity contribution in [3.8, 4) is 0 Å². The van der Waals surface area contributed by atoms with Crippen LogP contribution in [0.2, 0.25) is 0 Å². The number of aromatic amines is 1. The fourth-order valence-corrected chi connectivity index (χ4v) is 4.11. The third-order valence-electron chi connectivity index (χ3n) is 2.61. The zero-order valence-corrected chi connectivity index (χ0v) is 12.0. The number of rotatable bonds is 5. The molecule has 18 heavy (non-hydrogen) atoms. The highest BCUT2D eigenvalue weighted by atomic mass is 79.9. The summed E-state index contributed by atoms with van der Waals surface area (Å²) in [6.45, 7) is 0. The van der Waals surface area contributed by atoms with Gasteiger partial charge in [0.25, 0.3) is 0 Å². The molecule has 0 bridgehead atoms. The monoisotopic (exact) mass is 328 g/mol. The lowest BCUT2D eigenvalue weighted by Gasteiger charge is -2.05. The van der Waals surface area contributed by atoms with Crippen LogP contribution in [-0.4, -0.2) is 24.4 Å². The number of hydrogen-bond donors (Lipinski definition) is 1. The Hall–Kier alpha value is -1.14. The number of benzene rings is 1. The minimum Gasteiger partial charge on any atom is -0.285 e. The van der Waals surface area contributed by atoms with Crippen LogP contribution < -0.4 is 0 Å². The van der Waals surface area contributed by atoms with Crippen molar-refractivity contribution < 1.29 is 8.42 Å². The van der Waals surface area contributed by atoms with Crippen LogP contribution in [0.15, 0.2) is 46.0 Å². The first kappa shape index (κ1) is 13.3. The number of hydrogen-bond acceptors (Lipinski definition) is 3. The van der Waals surface area contributed by atoms with Crippen LogP contribution in [0.4, 0.5) is 0 Å².